The van der Waals surface area contributed by atoms with Gasteiger partial charge in [-0.3, -0.25) is 4.90 Å². The summed E-state index contributed by atoms with van der Waals surface area (Å²) in [5.74, 6) is 1.18. The Morgan fingerprint density at radius 1 is 1.12 bits per heavy atom. The molecule has 0 saturated carbocycles. The Bertz CT molecular complexity index is 824. The quantitative estimate of drug-likeness (QED) is 0.831. The van der Waals surface area contributed by atoms with Crippen LogP contribution >= 0.6 is 0 Å². The summed E-state index contributed by atoms with van der Waals surface area (Å²) in [6.07, 6.45) is 0. The van der Waals surface area contributed by atoms with Crippen LogP contribution in [0.3, 0.4) is 0 Å². The number of aromatic nitrogens is 2. The molecule has 0 amide bonds. The molecular formula is C16H22N4O3S. The lowest BCUT2D eigenvalue weighted by molar-refractivity contribution is 0.176. The predicted octanol–water partition coefficient (Wildman–Crippen LogP) is 1.50. The normalized spacial score (nSPS) is 17.3. The van der Waals surface area contributed by atoms with Crippen molar-refractivity contribution in [1.82, 2.24) is 19.3 Å². The SMILES string of the molecule is Cc1ccc(S(=O)(=O)N2CCN(Cc3noc(C)n3)CC2)c(C)c1. The summed E-state index contributed by atoms with van der Waals surface area (Å²) in [5, 5.41) is 3.89. The number of hydrogen-bond donors (Lipinski definition) is 0. The van der Waals surface area contributed by atoms with Crippen LogP contribution in [0.25, 0.3) is 0 Å². The van der Waals surface area contributed by atoms with Crippen molar-refractivity contribution in [3.8, 4) is 0 Å². The summed E-state index contributed by atoms with van der Waals surface area (Å²) in [5.41, 5.74) is 1.85. The molecule has 2 aromatic rings. The molecule has 0 unspecified atom stereocenters. The van der Waals surface area contributed by atoms with E-state index in [9.17, 15) is 8.42 Å². The van der Waals surface area contributed by atoms with Crippen LogP contribution < -0.4 is 0 Å². The van der Waals surface area contributed by atoms with Crippen molar-refractivity contribution in [2.24, 2.45) is 0 Å². The van der Waals surface area contributed by atoms with E-state index in [0.29, 0.717) is 49.3 Å². The summed E-state index contributed by atoms with van der Waals surface area (Å²) in [4.78, 5) is 6.72. The van der Waals surface area contributed by atoms with Gasteiger partial charge in [-0.1, -0.05) is 22.9 Å². The first kappa shape index (κ1) is 17.1. The Hall–Kier alpha value is -1.77. The predicted molar refractivity (Wildman–Crippen MR) is 89.0 cm³/mol. The van der Waals surface area contributed by atoms with Gasteiger partial charge in [-0.2, -0.15) is 9.29 Å². The van der Waals surface area contributed by atoms with Gasteiger partial charge in [-0.15, -0.1) is 0 Å². The van der Waals surface area contributed by atoms with E-state index in [0.717, 1.165) is 11.1 Å². The number of aryl methyl sites for hydroxylation is 3. The van der Waals surface area contributed by atoms with E-state index < -0.39 is 10.0 Å². The number of nitrogens with zero attached hydrogens (tertiary/aromatic N) is 4. The molecule has 2 heterocycles. The highest BCUT2D eigenvalue weighted by Crippen LogP contribution is 2.22. The summed E-state index contributed by atoms with van der Waals surface area (Å²) in [6, 6.07) is 5.45. The van der Waals surface area contributed by atoms with E-state index >= 15 is 0 Å². The molecule has 7 nitrogen and oxygen atoms in total. The molecule has 1 aromatic carbocycles. The highest BCUT2D eigenvalue weighted by Gasteiger charge is 2.29. The van der Waals surface area contributed by atoms with Gasteiger partial charge in [0.05, 0.1) is 11.4 Å². The molecule has 1 aliphatic heterocycles. The number of hydrogen-bond acceptors (Lipinski definition) is 6. The minimum absolute atomic E-state index is 0.398. The second-order valence-corrected chi connectivity index (χ2v) is 8.09. The van der Waals surface area contributed by atoms with E-state index in [1.165, 1.54) is 0 Å². The molecule has 8 heteroatoms. The Morgan fingerprint density at radius 2 is 1.83 bits per heavy atom. The molecule has 0 bridgehead atoms. The van der Waals surface area contributed by atoms with Crippen molar-refractivity contribution in [3.63, 3.8) is 0 Å². The molecule has 130 valence electrons. The standard InChI is InChI=1S/C16H22N4O3S/c1-12-4-5-15(13(2)10-12)24(21,22)20-8-6-19(7-9-20)11-16-17-14(3)23-18-16/h4-5,10H,6-9,11H2,1-3H3. The van der Waals surface area contributed by atoms with E-state index in [-0.39, 0.29) is 0 Å². The average Bonchev–Trinajstić information content (AvgIpc) is 2.92. The van der Waals surface area contributed by atoms with Gasteiger partial charge in [0.1, 0.15) is 0 Å². The van der Waals surface area contributed by atoms with Crippen molar-refractivity contribution in [1.29, 1.82) is 0 Å². The lowest BCUT2D eigenvalue weighted by atomic mass is 10.2. The molecule has 1 fully saturated rings. The van der Waals surface area contributed by atoms with Crippen LogP contribution in [0.15, 0.2) is 27.6 Å². The van der Waals surface area contributed by atoms with E-state index in [1.807, 2.05) is 26.0 Å². The minimum Gasteiger partial charge on any atom is -0.340 e. The van der Waals surface area contributed by atoms with Gasteiger partial charge in [0.2, 0.25) is 15.9 Å². The van der Waals surface area contributed by atoms with Crippen LogP contribution in [0.5, 0.6) is 0 Å². The molecule has 1 saturated heterocycles. The number of sulfonamides is 1. The first-order valence-corrected chi connectivity index (χ1v) is 9.39. The summed E-state index contributed by atoms with van der Waals surface area (Å²) in [6.45, 7) is 8.37. The lowest BCUT2D eigenvalue weighted by Crippen LogP contribution is -2.48. The maximum atomic E-state index is 12.9. The van der Waals surface area contributed by atoms with Crippen molar-refractivity contribution in [2.75, 3.05) is 26.2 Å². The van der Waals surface area contributed by atoms with Gasteiger partial charge in [0.25, 0.3) is 0 Å². The van der Waals surface area contributed by atoms with Gasteiger partial charge in [-0.05, 0) is 25.5 Å². The van der Waals surface area contributed by atoms with E-state index in [2.05, 4.69) is 15.0 Å². The minimum atomic E-state index is -3.44. The molecule has 3 rings (SSSR count). The fourth-order valence-corrected chi connectivity index (χ4v) is 4.59. The van der Waals surface area contributed by atoms with Gasteiger partial charge in [0, 0.05) is 33.1 Å². The molecule has 24 heavy (non-hydrogen) atoms. The highest BCUT2D eigenvalue weighted by molar-refractivity contribution is 7.89. The molecule has 1 aliphatic rings. The Morgan fingerprint density at radius 3 is 2.42 bits per heavy atom. The first-order chi connectivity index (χ1) is 11.4. The Labute approximate surface area is 142 Å². The second kappa shape index (κ2) is 6.62. The van der Waals surface area contributed by atoms with Gasteiger partial charge in [0.15, 0.2) is 5.82 Å². The number of rotatable bonds is 4. The first-order valence-electron chi connectivity index (χ1n) is 7.95. The summed E-state index contributed by atoms with van der Waals surface area (Å²) in [7, 11) is -3.44. The van der Waals surface area contributed by atoms with E-state index in [1.54, 1.807) is 17.3 Å². The lowest BCUT2D eigenvalue weighted by Gasteiger charge is -2.33. The highest BCUT2D eigenvalue weighted by atomic mass is 32.2. The number of piperazine rings is 1. The van der Waals surface area contributed by atoms with Crippen LogP contribution in [-0.2, 0) is 16.6 Å². The fourth-order valence-electron chi connectivity index (χ4n) is 2.96. The monoisotopic (exact) mass is 350 g/mol. The maximum absolute atomic E-state index is 12.9. The van der Waals surface area contributed by atoms with Crippen molar-refractivity contribution in [3.05, 3.63) is 41.0 Å². The molecule has 0 atom stereocenters. The van der Waals surface area contributed by atoms with Crippen LogP contribution in [-0.4, -0.2) is 53.9 Å². The zero-order chi connectivity index (χ0) is 17.3. The summed E-state index contributed by atoms with van der Waals surface area (Å²) < 4.78 is 32.2. The molecule has 0 N–H and O–H groups in total. The molecule has 0 aliphatic carbocycles. The third-order valence-electron chi connectivity index (χ3n) is 4.21. The van der Waals surface area contributed by atoms with Crippen molar-refractivity contribution >= 4 is 10.0 Å². The van der Waals surface area contributed by atoms with Crippen molar-refractivity contribution in [2.45, 2.75) is 32.2 Å². The number of benzene rings is 1. The average molecular weight is 350 g/mol. The fraction of sp³-hybridized carbons (Fsp3) is 0.500. The van der Waals surface area contributed by atoms with Crippen molar-refractivity contribution < 1.29 is 12.9 Å². The maximum Gasteiger partial charge on any atom is 0.243 e. The summed E-state index contributed by atoms with van der Waals surface area (Å²) >= 11 is 0. The molecular weight excluding hydrogens is 328 g/mol. The van der Waals surface area contributed by atoms with Gasteiger partial charge >= 0.3 is 0 Å². The topological polar surface area (TPSA) is 79.5 Å². The second-order valence-electron chi connectivity index (χ2n) is 6.18. The molecule has 1 aromatic heterocycles. The Kier molecular flexibility index (Phi) is 4.71. The van der Waals surface area contributed by atoms with E-state index in [4.69, 9.17) is 4.52 Å². The zero-order valence-electron chi connectivity index (χ0n) is 14.2. The largest absolute Gasteiger partial charge is 0.340 e. The third-order valence-corrected chi connectivity index (χ3v) is 6.27. The van der Waals surface area contributed by atoms with Gasteiger partial charge in [-0.25, -0.2) is 8.42 Å². The third kappa shape index (κ3) is 3.50. The molecule has 0 radical (unpaired) electrons. The Balaban J connectivity index is 1.67. The van der Waals surface area contributed by atoms with Gasteiger partial charge < -0.3 is 4.52 Å². The zero-order valence-corrected chi connectivity index (χ0v) is 15.0. The van der Waals surface area contributed by atoms with Crippen LogP contribution in [0.4, 0.5) is 0 Å². The smallest absolute Gasteiger partial charge is 0.243 e. The van der Waals surface area contributed by atoms with Crippen LogP contribution in [0, 0.1) is 20.8 Å². The van der Waals surface area contributed by atoms with Crippen LogP contribution in [0.1, 0.15) is 22.8 Å². The van der Waals surface area contributed by atoms with Crippen LogP contribution in [0.2, 0.25) is 0 Å². The molecule has 0 spiro atoms.